The molecule has 1 unspecified atom stereocenters. The molecule has 0 aliphatic rings. The fraction of sp³-hybridized carbons (Fsp3) is 0.778. The van der Waals surface area contributed by atoms with Gasteiger partial charge in [0.1, 0.15) is 5.82 Å². The molecule has 1 heterocycles. The van der Waals surface area contributed by atoms with Crippen LogP contribution in [0.25, 0.3) is 0 Å². The van der Waals surface area contributed by atoms with Gasteiger partial charge in [0.15, 0.2) is 0 Å². The van der Waals surface area contributed by atoms with E-state index in [1.54, 1.807) is 6.92 Å². The quantitative estimate of drug-likeness (QED) is 0.627. The van der Waals surface area contributed by atoms with Gasteiger partial charge in [0.2, 0.25) is 0 Å². The fourth-order valence-corrected chi connectivity index (χ4v) is 1.37. The van der Waals surface area contributed by atoms with Crippen molar-refractivity contribution in [3.63, 3.8) is 0 Å². The zero-order valence-electron chi connectivity index (χ0n) is 9.32. The van der Waals surface area contributed by atoms with Gasteiger partial charge in [-0.15, -0.1) is 0 Å². The molecule has 0 aromatic carbocycles. The summed E-state index contributed by atoms with van der Waals surface area (Å²) in [6, 6.07) is 0.291. The second-order valence-electron chi connectivity index (χ2n) is 4.00. The Morgan fingerprint density at radius 1 is 1.47 bits per heavy atom. The number of hydrogen-bond acceptors (Lipinski definition) is 4. The molecular formula is C9H18N4O2. The molecule has 3 N–H and O–H groups in total. The van der Waals surface area contributed by atoms with Crippen molar-refractivity contribution in [2.75, 3.05) is 6.54 Å². The summed E-state index contributed by atoms with van der Waals surface area (Å²) >= 11 is 0. The average molecular weight is 214 g/mol. The summed E-state index contributed by atoms with van der Waals surface area (Å²) in [5, 5.41) is 15.5. The van der Waals surface area contributed by atoms with Crippen LogP contribution in [0.15, 0.2) is 4.79 Å². The lowest BCUT2D eigenvalue weighted by molar-refractivity contribution is 0.101. The van der Waals surface area contributed by atoms with E-state index in [9.17, 15) is 9.90 Å². The molecule has 0 saturated carbocycles. The topological polar surface area (TPSA) is 85.0 Å². The molecule has 0 fully saturated rings. The van der Waals surface area contributed by atoms with Crippen molar-refractivity contribution in [3.8, 4) is 0 Å². The zero-order valence-corrected chi connectivity index (χ0v) is 9.32. The van der Waals surface area contributed by atoms with Gasteiger partial charge in [-0.25, -0.2) is 9.89 Å². The predicted octanol–water partition coefficient (Wildman–Crippen LogP) is -0.311. The van der Waals surface area contributed by atoms with Gasteiger partial charge in [-0.05, 0) is 20.8 Å². The molecule has 1 aromatic heterocycles. The number of H-pyrrole nitrogens is 2. The van der Waals surface area contributed by atoms with Gasteiger partial charge in [0, 0.05) is 12.6 Å². The zero-order chi connectivity index (χ0) is 11.4. The van der Waals surface area contributed by atoms with Gasteiger partial charge in [0.25, 0.3) is 0 Å². The number of nitrogens with zero attached hydrogens (tertiary/aromatic N) is 2. The summed E-state index contributed by atoms with van der Waals surface area (Å²) in [7, 11) is 0. The van der Waals surface area contributed by atoms with E-state index in [4.69, 9.17) is 0 Å². The molecular weight excluding hydrogens is 196 g/mol. The largest absolute Gasteiger partial charge is 0.392 e. The van der Waals surface area contributed by atoms with E-state index in [2.05, 4.69) is 15.2 Å². The maximum Gasteiger partial charge on any atom is 0.340 e. The Hall–Kier alpha value is -1.14. The van der Waals surface area contributed by atoms with Crippen LogP contribution in [-0.2, 0) is 6.54 Å². The minimum absolute atomic E-state index is 0.291. The highest BCUT2D eigenvalue weighted by molar-refractivity contribution is 4.82. The molecule has 6 nitrogen and oxygen atoms in total. The Morgan fingerprint density at radius 2 is 2.13 bits per heavy atom. The van der Waals surface area contributed by atoms with E-state index in [1.807, 2.05) is 18.7 Å². The minimum Gasteiger partial charge on any atom is -0.392 e. The van der Waals surface area contributed by atoms with Crippen molar-refractivity contribution in [3.05, 3.63) is 16.3 Å². The number of hydrogen-bond donors (Lipinski definition) is 3. The SMILES string of the molecule is CC(O)CN(Cc1n[nH]c(=O)[nH]1)C(C)C. The third kappa shape index (κ3) is 3.85. The Balaban J connectivity index is 2.62. The molecule has 0 saturated heterocycles. The number of aliphatic hydroxyl groups excluding tert-OH is 1. The maximum absolute atomic E-state index is 10.8. The van der Waals surface area contributed by atoms with Crippen LogP contribution < -0.4 is 5.69 Å². The maximum atomic E-state index is 10.8. The van der Waals surface area contributed by atoms with E-state index in [1.165, 1.54) is 0 Å². The Labute approximate surface area is 88.3 Å². The lowest BCUT2D eigenvalue weighted by Gasteiger charge is -2.26. The van der Waals surface area contributed by atoms with E-state index >= 15 is 0 Å². The number of nitrogens with one attached hydrogen (secondary N) is 2. The normalized spacial score (nSPS) is 13.7. The van der Waals surface area contributed by atoms with Gasteiger partial charge in [-0.2, -0.15) is 5.10 Å². The van der Waals surface area contributed by atoms with Crippen molar-refractivity contribution in [1.29, 1.82) is 0 Å². The van der Waals surface area contributed by atoms with Crippen molar-refractivity contribution in [2.45, 2.75) is 39.5 Å². The van der Waals surface area contributed by atoms with Gasteiger partial charge < -0.3 is 5.11 Å². The standard InChI is InChI=1S/C9H18N4O2/c1-6(2)13(4-7(3)14)5-8-10-9(15)12-11-8/h6-7,14H,4-5H2,1-3H3,(H2,10,11,12,15). The summed E-state index contributed by atoms with van der Waals surface area (Å²) in [5.74, 6) is 0.592. The third-order valence-corrected chi connectivity index (χ3v) is 2.13. The van der Waals surface area contributed by atoms with Crippen molar-refractivity contribution in [1.82, 2.24) is 20.1 Å². The third-order valence-electron chi connectivity index (χ3n) is 2.13. The minimum atomic E-state index is -0.391. The summed E-state index contributed by atoms with van der Waals surface area (Å²) in [5.41, 5.74) is -0.300. The second kappa shape index (κ2) is 5.09. The van der Waals surface area contributed by atoms with Crippen LogP contribution in [0, 0.1) is 0 Å². The highest BCUT2D eigenvalue weighted by Crippen LogP contribution is 2.04. The van der Waals surface area contributed by atoms with Gasteiger partial charge >= 0.3 is 5.69 Å². The van der Waals surface area contributed by atoms with Crippen molar-refractivity contribution >= 4 is 0 Å². The van der Waals surface area contributed by atoms with Gasteiger partial charge in [0.05, 0.1) is 12.6 Å². The van der Waals surface area contributed by atoms with Crippen LogP contribution in [0.4, 0.5) is 0 Å². The molecule has 6 heteroatoms. The number of aromatic amines is 2. The van der Waals surface area contributed by atoms with Gasteiger partial charge in [-0.3, -0.25) is 9.88 Å². The van der Waals surface area contributed by atoms with E-state index in [0.29, 0.717) is 25.0 Å². The van der Waals surface area contributed by atoms with Crippen LogP contribution in [0.2, 0.25) is 0 Å². The van der Waals surface area contributed by atoms with Crippen molar-refractivity contribution in [2.24, 2.45) is 0 Å². The van der Waals surface area contributed by atoms with Crippen LogP contribution in [0.5, 0.6) is 0 Å². The Bertz CT molecular complexity index is 342. The molecule has 86 valence electrons. The summed E-state index contributed by atoms with van der Waals surface area (Å²) in [6.45, 7) is 6.90. The first-order chi connectivity index (χ1) is 6.99. The second-order valence-corrected chi connectivity index (χ2v) is 4.00. The summed E-state index contributed by atoms with van der Waals surface area (Å²) in [6.07, 6.45) is -0.391. The predicted molar refractivity (Wildman–Crippen MR) is 56.4 cm³/mol. The van der Waals surface area contributed by atoms with E-state index in [-0.39, 0.29) is 5.69 Å². The molecule has 0 aliphatic heterocycles. The summed E-state index contributed by atoms with van der Waals surface area (Å²) < 4.78 is 0. The molecule has 15 heavy (non-hydrogen) atoms. The summed E-state index contributed by atoms with van der Waals surface area (Å²) in [4.78, 5) is 15.4. The lowest BCUT2D eigenvalue weighted by atomic mass is 10.2. The number of aliphatic hydroxyl groups is 1. The molecule has 1 rings (SSSR count). The number of aromatic nitrogens is 3. The first kappa shape index (κ1) is 11.9. The lowest BCUT2D eigenvalue weighted by Crippen LogP contribution is -2.36. The monoisotopic (exact) mass is 214 g/mol. The molecule has 0 amide bonds. The van der Waals surface area contributed by atoms with Crippen LogP contribution >= 0.6 is 0 Å². The average Bonchev–Trinajstić information content (AvgIpc) is 2.49. The van der Waals surface area contributed by atoms with Crippen LogP contribution in [-0.4, -0.2) is 43.9 Å². The fourth-order valence-electron chi connectivity index (χ4n) is 1.37. The molecule has 1 atom stereocenters. The molecule has 0 spiro atoms. The van der Waals surface area contributed by atoms with E-state index < -0.39 is 6.10 Å². The molecule has 0 bridgehead atoms. The highest BCUT2D eigenvalue weighted by Gasteiger charge is 2.14. The Morgan fingerprint density at radius 3 is 2.53 bits per heavy atom. The van der Waals surface area contributed by atoms with Crippen LogP contribution in [0.3, 0.4) is 0 Å². The van der Waals surface area contributed by atoms with Crippen molar-refractivity contribution < 1.29 is 5.11 Å². The highest BCUT2D eigenvalue weighted by atomic mass is 16.3. The molecule has 1 aromatic rings. The molecule has 0 radical (unpaired) electrons. The first-order valence-corrected chi connectivity index (χ1v) is 5.04. The van der Waals surface area contributed by atoms with Crippen LogP contribution in [0.1, 0.15) is 26.6 Å². The van der Waals surface area contributed by atoms with E-state index in [0.717, 1.165) is 0 Å². The smallest absolute Gasteiger partial charge is 0.340 e. The first-order valence-electron chi connectivity index (χ1n) is 5.04. The number of rotatable bonds is 5. The molecule has 0 aliphatic carbocycles. The van der Waals surface area contributed by atoms with Gasteiger partial charge in [-0.1, -0.05) is 0 Å². The Kier molecular flexibility index (Phi) is 4.05.